The van der Waals surface area contributed by atoms with Crippen LogP contribution in [0.4, 0.5) is 16.4 Å². The van der Waals surface area contributed by atoms with Gasteiger partial charge in [-0.2, -0.15) is 0 Å². The van der Waals surface area contributed by atoms with Gasteiger partial charge >= 0.3 is 12.0 Å². The third-order valence-corrected chi connectivity index (χ3v) is 8.61. The maximum Gasteiger partial charge on any atom is 0.352 e. The van der Waals surface area contributed by atoms with Crippen LogP contribution in [-0.4, -0.2) is 61.0 Å². The Balaban J connectivity index is 1.41. The van der Waals surface area contributed by atoms with Gasteiger partial charge in [0, 0.05) is 17.3 Å². The lowest BCUT2D eigenvalue weighted by atomic mass is 10.00. The zero-order valence-electron chi connectivity index (χ0n) is 22.6. The highest BCUT2D eigenvalue weighted by atomic mass is 35.5. The standard InChI is InChI=1S/C28H26ClN7O6S/c1-14-13-43-25-19(24(39)36(25)20(14)26(40)41)33-23(38)21(16-5-3-2-4-6-16)35(27(30)42)18-12-32-28(34-22(18)37)31-11-15-7-9-17(29)10-8-15/h2-10,12,19,21,25H,11,13H2,1H3,(H2,30,42)(H,33,38)(H,40,41)(H2,31,32,34,37)/t19?,21?,25-/m0/s1. The molecule has 15 heteroatoms. The highest BCUT2D eigenvalue weighted by Gasteiger charge is 2.54. The summed E-state index contributed by atoms with van der Waals surface area (Å²) in [7, 11) is 0. The number of anilines is 2. The van der Waals surface area contributed by atoms with Crippen molar-refractivity contribution in [2.45, 2.75) is 30.9 Å². The summed E-state index contributed by atoms with van der Waals surface area (Å²) < 4.78 is 0. The maximum atomic E-state index is 13.8. The van der Waals surface area contributed by atoms with E-state index in [9.17, 15) is 29.1 Å². The van der Waals surface area contributed by atoms with Crippen LogP contribution in [0.1, 0.15) is 24.1 Å². The molecule has 3 heterocycles. The van der Waals surface area contributed by atoms with Crippen LogP contribution in [0.25, 0.3) is 0 Å². The Labute approximate surface area is 254 Å². The van der Waals surface area contributed by atoms with Crippen LogP contribution in [0.2, 0.25) is 5.02 Å². The molecule has 2 aliphatic rings. The van der Waals surface area contributed by atoms with Crippen LogP contribution in [0.5, 0.6) is 0 Å². The number of benzene rings is 2. The number of nitrogens with zero attached hydrogens (tertiary/aromatic N) is 3. The SMILES string of the molecule is CC1=C(C(=O)O)N2C(=O)C(NC(=O)C(c3ccccc3)N(C(N)=O)c3cnc(NCc4ccc(Cl)cc4)[nH]c3=O)[C@@H]2SC1. The van der Waals surface area contributed by atoms with Crippen LogP contribution in [0.3, 0.4) is 0 Å². The van der Waals surface area contributed by atoms with Crippen molar-refractivity contribution in [1.82, 2.24) is 20.2 Å². The van der Waals surface area contributed by atoms with Gasteiger partial charge in [0.15, 0.2) is 0 Å². The van der Waals surface area contributed by atoms with Crippen molar-refractivity contribution in [2.24, 2.45) is 5.73 Å². The highest BCUT2D eigenvalue weighted by molar-refractivity contribution is 8.00. The van der Waals surface area contributed by atoms with E-state index in [-0.39, 0.29) is 17.3 Å². The number of carboxylic acids is 1. The van der Waals surface area contributed by atoms with E-state index < -0.39 is 46.8 Å². The van der Waals surface area contributed by atoms with Crippen molar-refractivity contribution in [3.05, 3.63) is 98.6 Å². The quantitative estimate of drug-likeness (QED) is 0.223. The Morgan fingerprint density at radius 1 is 1.19 bits per heavy atom. The number of thioether (sulfide) groups is 1. The molecule has 222 valence electrons. The number of hydrogen-bond donors (Lipinski definition) is 5. The van der Waals surface area contributed by atoms with Crippen LogP contribution in [0, 0.1) is 0 Å². The maximum absolute atomic E-state index is 13.8. The number of urea groups is 1. The van der Waals surface area contributed by atoms with Crippen LogP contribution in [0.15, 0.2) is 76.9 Å². The molecule has 0 spiro atoms. The molecule has 2 aliphatic heterocycles. The molecule has 0 aliphatic carbocycles. The normalized spacial score (nSPS) is 18.3. The number of H-pyrrole nitrogens is 1. The van der Waals surface area contributed by atoms with E-state index in [1.807, 2.05) is 0 Å². The van der Waals surface area contributed by atoms with Gasteiger partial charge in [-0.25, -0.2) is 14.6 Å². The predicted octanol–water partition coefficient (Wildman–Crippen LogP) is 2.42. The molecule has 5 rings (SSSR count). The van der Waals surface area contributed by atoms with Gasteiger partial charge in [0.25, 0.3) is 11.5 Å². The highest BCUT2D eigenvalue weighted by Crippen LogP contribution is 2.40. The summed E-state index contributed by atoms with van der Waals surface area (Å²) in [6, 6.07) is 11.6. The number of carbonyl (C=O) groups is 4. The van der Waals surface area contributed by atoms with Gasteiger partial charge in [0.05, 0.1) is 6.20 Å². The monoisotopic (exact) mass is 623 g/mol. The minimum Gasteiger partial charge on any atom is -0.477 e. The molecule has 2 unspecified atom stereocenters. The lowest BCUT2D eigenvalue weighted by molar-refractivity contribution is -0.150. The Kier molecular flexibility index (Phi) is 8.41. The number of primary amides is 1. The molecule has 2 aromatic carbocycles. The largest absolute Gasteiger partial charge is 0.477 e. The van der Waals surface area contributed by atoms with Gasteiger partial charge in [-0.05, 0) is 35.8 Å². The Morgan fingerprint density at radius 2 is 1.88 bits per heavy atom. The number of fused-ring (bicyclic) bond motifs is 1. The second-order valence-corrected chi connectivity index (χ2v) is 11.3. The number of aliphatic carboxylic acids is 1. The second-order valence-electron chi connectivity index (χ2n) is 9.78. The molecule has 1 saturated heterocycles. The molecule has 13 nitrogen and oxygen atoms in total. The van der Waals surface area contributed by atoms with E-state index in [1.165, 1.54) is 11.8 Å². The number of rotatable bonds is 9. The molecule has 0 saturated carbocycles. The molecular weight excluding hydrogens is 598 g/mol. The summed E-state index contributed by atoms with van der Waals surface area (Å²) >= 11 is 7.23. The summed E-state index contributed by atoms with van der Waals surface area (Å²) in [5, 5.41) is 15.2. The third-order valence-electron chi connectivity index (χ3n) is 6.93. The summed E-state index contributed by atoms with van der Waals surface area (Å²) in [5.41, 5.74) is 6.29. The molecule has 0 bridgehead atoms. The van der Waals surface area contributed by atoms with Gasteiger partial charge in [-0.3, -0.25) is 29.2 Å². The summed E-state index contributed by atoms with van der Waals surface area (Å²) in [5.74, 6) is -2.16. The molecule has 1 aromatic heterocycles. The van der Waals surface area contributed by atoms with E-state index in [4.69, 9.17) is 17.3 Å². The summed E-state index contributed by atoms with van der Waals surface area (Å²) in [4.78, 5) is 73.3. The van der Waals surface area contributed by atoms with Gasteiger partial charge in [0.2, 0.25) is 11.9 Å². The van der Waals surface area contributed by atoms with E-state index in [0.29, 0.717) is 28.5 Å². The van der Waals surface area contributed by atoms with Crippen molar-refractivity contribution in [3.8, 4) is 0 Å². The first-order chi connectivity index (χ1) is 20.6. The Hall–Kier alpha value is -4.82. The average molecular weight is 624 g/mol. The molecule has 0 radical (unpaired) electrons. The minimum atomic E-state index is -1.46. The second kappa shape index (κ2) is 12.2. The fourth-order valence-corrected chi connectivity index (χ4v) is 6.30. The number of hydrogen-bond acceptors (Lipinski definition) is 8. The van der Waals surface area contributed by atoms with Crippen molar-refractivity contribution < 1.29 is 24.3 Å². The molecule has 3 atom stereocenters. The van der Waals surface area contributed by atoms with Crippen molar-refractivity contribution >= 4 is 58.8 Å². The molecule has 43 heavy (non-hydrogen) atoms. The van der Waals surface area contributed by atoms with E-state index in [1.54, 1.807) is 61.5 Å². The first-order valence-corrected chi connectivity index (χ1v) is 14.4. The number of carboxylic acid groups (broad SMARTS) is 1. The fourth-order valence-electron chi connectivity index (χ4n) is 4.88. The lowest BCUT2D eigenvalue weighted by Gasteiger charge is -2.49. The average Bonchev–Trinajstić information content (AvgIpc) is 2.98. The van der Waals surface area contributed by atoms with Gasteiger partial charge in [0.1, 0.15) is 28.8 Å². The van der Waals surface area contributed by atoms with Crippen LogP contribution in [-0.2, 0) is 20.9 Å². The third kappa shape index (κ3) is 5.92. The number of β-lactam (4-membered cyclic amide) rings is 1. The van der Waals surface area contributed by atoms with Crippen molar-refractivity contribution in [2.75, 3.05) is 16.0 Å². The Morgan fingerprint density at radius 3 is 2.51 bits per heavy atom. The molecule has 4 amide bonds. The number of nitrogens with two attached hydrogens (primary N) is 1. The number of amides is 4. The van der Waals surface area contributed by atoms with E-state index in [2.05, 4.69) is 20.6 Å². The van der Waals surface area contributed by atoms with Crippen molar-refractivity contribution in [3.63, 3.8) is 0 Å². The van der Waals surface area contributed by atoms with Crippen LogP contribution >= 0.6 is 23.4 Å². The predicted molar refractivity (Wildman–Crippen MR) is 160 cm³/mol. The number of aromatic amines is 1. The molecule has 6 N–H and O–H groups in total. The fraction of sp³-hybridized carbons (Fsp3) is 0.214. The van der Waals surface area contributed by atoms with Gasteiger partial charge in [-0.1, -0.05) is 54.1 Å². The number of aromatic nitrogens is 2. The number of halogens is 1. The first-order valence-electron chi connectivity index (χ1n) is 13.0. The number of nitrogens with one attached hydrogen (secondary N) is 3. The summed E-state index contributed by atoms with van der Waals surface area (Å²) in [6.07, 6.45) is 1.12. The zero-order valence-corrected chi connectivity index (χ0v) is 24.2. The smallest absolute Gasteiger partial charge is 0.352 e. The van der Waals surface area contributed by atoms with E-state index >= 15 is 0 Å². The van der Waals surface area contributed by atoms with E-state index in [0.717, 1.165) is 21.6 Å². The van der Waals surface area contributed by atoms with Crippen molar-refractivity contribution in [1.29, 1.82) is 0 Å². The Bertz CT molecular complexity index is 1680. The molecule has 1 fully saturated rings. The molecule has 3 aromatic rings. The zero-order chi connectivity index (χ0) is 30.8. The topological polar surface area (TPSA) is 191 Å². The van der Waals surface area contributed by atoms with Gasteiger partial charge in [-0.15, -0.1) is 11.8 Å². The van der Waals surface area contributed by atoms with Crippen LogP contribution < -0.4 is 26.8 Å². The summed E-state index contributed by atoms with van der Waals surface area (Å²) in [6.45, 7) is 1.95. The minimum absolute atomic E-state index is 0.111. The number of carbonyl (C=O) groups excluding carboxylic acids is 3. The molecular formula is C28H26ClN7O6S. The first kappa shape index (κ1) is 29.7. The van der Waals surface area contributed by atoms with Gasteiger partial charge < -0.3 is 21.5 Å². The lowest BCUT2D eigenvalue weighted by Crippen LogP contribution is -2.71.